The molecule has 138 valence electrons. The van der Waals surface area contributed by atoms with Crippen molar-refractivity contribution in [1.29, 1.82) is 0 Å². The highest BCUT2D eigenvalue weighted by Gasteiger charge is 2.51. The van der Waals surface area contributed by atoms with Gasteiger partial charge in [-0.3, -0.25) is 0 Å². The van der Waals surface area contributed by atoms with E-state index in [1.807, 2.05) is 0 Å². The summed E-state index contributed by atoms with van der Waals surface area (Å²) in [6.07, 6.45) is 7.45. The van der Waals surface area contributed by atoms with E-state index in [0.29, 0.717) is 6.61 Å². The molecule has 4 bridgehead atoms. The molecule has 0 aromatic rings. The van der Waals surface area contributed by atoms with Crippen molar-refractivity contribution in [3.63, 3.8) is 0 Å². The Morgan fingerprint density at radius 1 is 1.04 bits per heavy atom. The molecule has 25 heavy (non-hydrogen) atoms. The molecule has 0 amide bonds. The summed E-state index contributed by atoms with van der Waals surface area (Å²) in [6.45, 7) is 3.25. The standard InChI is InChI=1S/C19H26O6/c1-18(2)24-16(21)15(17(22)25-18)14(20)3-4-23-19-8-11-5-12(9-19)7-13(6-11)10-19/h11-13,20H,3-10H2,1-2H3. The smallest absolute Gasteiger partial charge is 0.352 e. The van der Waals surface area contributed by atoms with Gasteiger partial charge in [0.15, 0.2) is 5.57 Å². The topological polar surface area (TPSA) is 82.1 Å². The highest BCUT2D eigenvalue weighted by atomic mass is 16.7. The molecule has 6 heteroatoms. The van der Waals surface area contributed by atoms with Crippen LogP contribution in [0.15, 0.2) is 11.3 Å². The first kappa shape index (κ1) is 16.9. The molecule has 4 saturated carbocycles. The zero-order valence-electron chi connectivity index (χ0n) is 14.9. The average Bonchev–Trinajstić information content (AvgIpc) is 2.43. The molecule has 4 aliphatic carbocycles. The molecule has 0 atom stereocenters. The molecular weight excluding hydrogens is 324 g/mol. The fraction of sp³-hybridized carbons (Fsp3) is 0.789. The Kier molecular flexibility index (Phi) is 3.87. The van der Waals surface area contributed by atoms with Crippen LogP contribution in [0.2, 0.25) is 0 Å². The van der Waals surface area contributed by atoms with E-state index in [4.69, 9.17) is 14.2 Å². The minimum Gasteiger partial charge on any atom is -0.511 e. The lowest BCUT2D eigenvalue weighted by atomic mass is 9.54. The van der Waals surface area contributed by atoms with Crippen LogP contribution in [0.1, 0.15) is 58.8 Å². The van der Waals surface area contributed by atoms with Crippen LogP contribution in [0.4, 0.5) is 0 Å². The van der Waals surface area contributed by atoms with E-state index in [0.717, 1.165) is 37.0 Å². The zero-order chi connectivity index (χ0) is 17.8. The fourth-order valence-electron chi connectivity index (χ4n) is 5.59. The van der Waals surface area contributed by atoms with E-state index >= 15 is 0 Å². The molecule has 6 nitrogen and oxygen atoms in total. The van der Waals surface area contributed by atoms with E-state index < -0.39 is 23.3 Å². The second-order valence-electron chi connectivity index (χ2n) is 8.70. The van der Waals surface area contributed by atoms with Crippen molar-refractivity contribution in [2.75, 3.05) is 6.61 Å². The van der Waals surface area contributed by atoms with Gasteiger partial charge in [-0.15, -0.1) is 0 Å². The third-order valence-electron chi connectivity index (χ3n) is 6.10. The molecule has 5 rings (SSSR count). The summed E-state index contributed by atoms with van der Waals surface area (Å²) in [4.78, 5) is 23.9. The minimum atomic E-state index is -1.30. The van der Waals surface area contributed by atoms with Crippen LogP contribution in [0.5, 0.6) is 0 Å². The summed E-state index contributed by atoms with van der Waals surface area (Å²) < 4.78 is 16.3. The third kappa shape index (κ3) is 3.16. The van der Waals surface area contributed by atoms with E-state index in [9.17, 15) is 14.7 Å². The van der Waals surface area contributed by atoms with Gasteiger partial charge in [0.05, 0.1) is 12.2 Å². The normalized spacial score (nSPS) is 38.5. The van der Waals surface area contributed by atoms with Gasteiger partial charge in [-0.25, -0.2) is 9.59 Å². The monoisotopic (exact) mass is 350 g/mol. The van der Waals surface area contributed by atoms with Crippen LogP contribution in [0.3, 0.4) is 0 Å². The molecule has 1 N–H and O–H groups in total. The molecule has 1 saturated heterocycles. The number of ether oxygens (including phenoxy) is 3. The Hall–Kier alpha value is -1.56. The van der Waals surface area contributed by atoms with E-state index in [1.54, 1.807) is 0 Å². The second-order valence-corrected chi connectivity index (χ2v) is 8.70. The molecule has 0 aromatic carbocycles. The van der Waals surface area contributed by atoms with Gasteiger partial charge in [-0.05, 0) is 56.3 Å². The van der Waals surface area contributed by atoms with Crippen LogP contribution < -0.4 is 0 Å². The number of hydrogen-bond donors (Lipinski definition) is 1. The predicted octanol–water partition coefficient (Wildman–Crippen LogP) is 3.01. The first-order chi connectivity index (χ1) is 11.8. The van der Waals surface area contributed by atoms with Crippen molar-refractivity contribution in [2.24, 2.45) is 17.8 Å². The molecular formula is C19H26O6. The first-order valence-electron chi connectivity index (χ1n) is 9.28. The lowest BCUT2D eigenvalue weighted by Crippen LogP contribution is -2.52. The summed E-state index contributed by atoms with van der Waals surface area (Å²) in [5.41, 5.74) is -0.469. The zero-order valence-corrected chi connectivity index (χ0v) is 14.9. The number of esters is 2. The fourth-order valence-corrected chi connectivity index (χ4v) is 5.59. The molecule has 1 aliphatic heterocycles. The third-order valence-corrected chi connectivity index (χ3v) is 6.10. The predicted molar refractivity (Wildman–Crippen MR) is 87.4 cm³/mol. The number of carbonyl (C=O) groups excluding carboxylic acids is 2. The van der Waals surface area contributed by atoms with E-state index in [-0.39, 0.29) is 17.8 Å². The van der Waals surface area contributed by atoms with Crippen molar-refractivity contribution < 1.29 is 28.9 Å². The summed E-state index contributed by atoms with van der Waals surface area (Å²) in [5.74, 6) is -0.943. The van der Waals surface area contributed by atoms with Crippen molar-refractivity contribution >= 4 is 11.9 Å². The van der Waals surface area contributed by atoms with Gasteiger partial charge >= 0.3 is 11.9 Å². The van der Waals surface area contributed by atoms with E-state index in [2.05, 4.69) is 0 Å². The molecule has 5 fully saturated rings. The van der Waals surface area contributed by atoms with Crippen molar-refractivity contribution in [2.45, 2.75) is 70.2 Å². The summed E-state index contributed by atoms with van der Waals surface area (Å²) >= 11 is 0. The minimum absolute atomic E-state index is 0.0602. The van der Waals surface area contributed by atoms with Gasteiger partial charge in [0.1, 0.15) is 5.76 Å². The Labute approximate surface area is 147 Å². The van der Waals surface area contributed by atoms with Crippen LogP contribution in [-0.2, 0) is 23.8 Å². The second kappa shape index (κ2) is 5.73. The van der Waals surface area contributed by atoms with Gasteiger partial charge < -0.3 is 19.3 Å². The average molecular weight is 350 g/mol. The van der Waals surface area contributed by atoms with Crippen LogP contribution in [0, 0.1) is 17.8 Å². The summed E-state index contributed by atoms with van der Waals surface area (Å²) in [7, 11) is 0. The number of rotatable bonds is 4. The van der Waals surface area contributed by atoms with E-state index in [1.165, 1.54) is 33.1 Å². The molecule has 0 spiro atoms. The Morgan fingerprint density at radius 3 is 2.00 bits per heavy atom. The molecule has 5 aliphatic rings. The highest BCUT2D eigenvalue weighted by Crippen LogP contribution is 2.57. The molecule has 0 radical (unpaired) electrons. The number of aliphatic hydroxyl groups excluding tert-OH is 1. The molecule has 1 heterocycles. The maximum absolute atomic E-state index is 12.0. The Morgan fingerprint density at radius 2 is 1.52 bits per heavy atom. The lowest BCUT2D eigenvalue weighted by Gasteiger charge is -2.56. The number of aliphatic hydroxyl groups is 1. The van der Waals surface area contributed by atoms with Gasteiger partial charge in [-0.2, -0.15) is 0 Å². The number of cyclic esters (lactones) is 2. The lowest BCUT2D eigenvalue weighted by molar-refractivity contribution is -0.222. The molecule has 0 aromatic heterocycles. The van der Waals surface area contributed by atoms with Crippen LogP contribution >= 0.6 is 0 Å². The number of carbonyl (C=O) groups is 2. The maximum Gasteiger partial charge on any atom is 0.352 e. The van der Waals surface area contributed by atoms with Crippen LogP contribution in [-0.4, -0.2) is 35.0 Å². The first-order valence-corrected chi connectivity index (χ1v) is 9.28. The van der Waals surface area contributed by atoms with Crippen molar-refractivity contribution in [3.05, 3.63) is 11.3 Å². The van der Waals surface area contributed by atoms with Gasteiger partial charge in [0, 0.05) is 20.3 Å². The number of hydrogen-bond acceptors (Lipinski definition) is 6. The Bertz CT molecular complexity index is 575. The summed E-state index contributed by atoms with van der Waals surface area (Å²) in [6, 6.07) is 0. The molecule has 0 unspecified atom stereocenters. The van der Waals surface area contributed by atoms with Gasteiger partial charge in [0.25, 0.3) is 5.79 Å². The highest BCUT2D eigenvalue weighted by molar-refractivity contribution is 6.15. The van der Waals surface area contributed by atoms with Gasteiger partial charge in [0.2, 0.25) is 0 Å². The van der Waals surface area contributed by atoms with Gasteiger partial charge in [-0.1, -0.05) is 0 Å². The maximum atomic E-state index is 12.0. The largest absolute Gasteiger partial charge is 0.511 e. The van der Waals surface area contributed by atoms with Crippen molar-refractivity contribution in [1.82, 2.24) is 0 Å². The SMILES string of the molecule is CC1(C)OC(=O)C(=C(O)CCOC23CC4CC(CC(C4)C2)C3)C(=O)O1. The Balaban J connectivity index is 1.38. The van der Waals surface area contributed by atoms with Crippen LogP contribution in [0.25, 0.3) is 0 Å². The van der Waals surface area contributed by atoms with Crippen molar-refractivity contribution in [3.8, 4) is 0 Å². The summed E-state index contributed by atoms with van der Waals surface area (Å²) in [5, 5.41) is 10.2. The quantitative estimate of drug-likeness (QED) is 0.363.